The van der Waals surface area contributed by atoms with Gasteiger partial charge < -0.3 is 16.4 Å². The van der Waals surface area contributed by atoms with Crippen molar-refractivity contribution in [1.82, 2.24) is 4.90 Å². The molecule has 0 radical (unpaired) electrons. The zero-order valence-corrected chi connectivity index (χ0v) is 15.4. The standard InChI is InChI=1S/C22H30FN3/c23-20-8-6-17(7-9-20)10-12-26-13-11-21(19(15-24)16-26)22(25)14-18-4-2-1-3-5-18/h1-9,19,21-22H,10-16,24-25H2. The van der Waals surface area contributed by atoms with Crippen LogP contribution in [0.25, 0.3) is 0 Å². The van der Waals surface area contributed by atoms with Crippen LogP contribution < -0.4 is 11.5 Å². The zero-order chi connectivity index (χ0) is 18.4. The first-order chi connectivity index (χ1) is 12.7. The van der Waals surface area contributed by atoms with Gasteiger partial charge in [-0.15, -0.1) is 0 Å². The molecule has 0 bridgehead atoms. The maximum Gasteiger partial charge on any atom is 0.123 e. The summed E-state index contributed by atoms with van der Waals surface area (Å²) < 4.78 is 13.0. The van der Waals surface area contributed by atoms with Gasteiger partial charge in [0.1, 0.15) is 5.82 Å². The van der Waals surface area contributed by atoms with E-state index in [1.807, 2.05) is 18.2 Å². The maximum atomic E-state index is 13.0. The van der Waals surface area contributed by atoms with Crippen molar-refractivity contribution in [1.29, 1.82) is 0 Å². The van der Waals surface area contributed by atoms with Crippen LogP contribution in [0.4, 0.5) is 4.39 Å². The maximum absolute atomic E-state index is 13.0. The highest BCUT2D eigenvalue weighted by atomic mass is 19.1. The summed E-state index contributed by atoms with van der Waals surface area (Å²) in [6.07, 6.45) is 2.95. The van der Waals surface area contributed by atoms with E-state index in [-0.39, 0.29) is 11.9 Å². The highest BCUT2D eigenvalue weighted by Gasteiger charge is 2.32. The Morgan fingerprint density at radius 2 is 1.77 bits per heavy atom. The van der Waals surface area contributed by atoms with Gasteiger partial charge in [0.05, 0.1) is 0 Å². The molecule has 3 nitrogen and oxygen atoms in total. The van der Waals surface area contributed by atoms with E-state index in [1.165, 1.54) is 23.3 Å². The summed E-state index contributed by atoms with van der Waals surface area (Å²) >= 11 is 0. The summed E-state index contributed by atoms with van der Waals surface area (Å²) in [5, 5.41) is 0. The van der Waals surface area contributed by atoms with E-state index >= 15 is 0 Å². The molecule has 3 rings (SSSR count). The minimum Gasteiger partial charge on any atom is -0.330 e. The summed E-state index contributed by atoms with van der Waals surface area (Å²) in [6.45, 7) is 3.73. The van der Waals surface area contributed by atoms with Gasteiger partial charge in [-0.2, -0.15) is 0 Å². The van der Waals surface area contributed by atoms with E-state index < -0.39 is 0 Å². The van der Waals surface area contributed by atoms with Gasteiger partial charge in [0, 0.05) is 19.1 Å². The lowest BCUT2D eigenvalue weighted by Crippen LogP contribution is -2.50. The van der Waals surface area contributed by atoms with Crippen LogP contribution >= 0.6 is 0 Å². The monoisotopic (exact) mass is 355 g/mol. The molecule has 3 atom stereocenters. The third kappa shape index (κ3) is 5.13. The quantitative estimate of drug-likeness (QED) is 0.803. The molecule has 4 heteroatoms. The first kappa shape index (κ1) is 19.0. The average molecular weight is 356 g/mol. The van der Waals surface area contributed by atoms with E-state index in [0.717, 1.165) is 38.9 Å². The highest BCUT2D eigenvalue weighted by Crippen LogP contribution is 2.27. The molecule has 4 N–H and O–H groups in total. The first-order valence-corrected chi connectivity index (χ1v) is 9.62. The first-order valence-electron chi connectivity index (χ1n) is 9.62. The smallest absolute Gasteiger partial charge is 0.123 e. The number of nitrogens with zero attached hydrogens (tertiary/aromatic N) is 1. The summed E-state index contributed by atoms with van der Waals surface area (Å²) in [4.78, 5) is 2.48. The Balaban J connectivity index is 1.52. The number of nitrogens with two attached hydrogens (primary N) is 2. The molecule has 140 valence electrons. The number of likely N-dealkylation sites (tertiary alicyclic amines) is 1. The van der Waals surface area contributed by atoms with Crippen molar-refractivity contribution in [2.75, 3.05) is 26.2 Å². The van der Waals surface area contributed by atoms with Crippen LogP contribution in [-0.4, -0.2) is 37.1 Å². The number of rotatable bonds is 7. The van der Waals surface area contributed by atoms with Crippen LogP contribution in [0, 0.1) is 17.7 Å². The van der Waals surface area contributed by atoms with Gasteiger partial charge in [0.25, 0.3) is 0 Å². The van der Waals surface area contributed by atoms with Crippen LogP contribution in [-0.2, 0) is 12.8 Å². The molecule has 0 aliphatic carbocycles. The number of halogens is 1. The van der Waals surface area contributed by atoms with Crippen molar-refractivity contribution >= 4 is 0 Å². The molecule has 0 aromatic heterocycles. The number of hydrogen-bond donors (Lipinski definition) is 2. The molecule has 1 fully saturated rings. The van der Waals surface area contributed by atoms with E-state index in [1.54, 1.807) is 0 Å². The summed E-state index contributed by atoms with van der Waals surface area (Å²) in [5.41, 5.74) is 15.1. The van der Waals surface area contributed by atoms with Crippen molar-refractivity contribution in [3.05, 3.63) is 71.5 Å². The molecule has 26 heavy (non-hydrogen) atoms. The zero-order valence-electron chi connectivity index (χ0n) is 15.4. The van der Waals surface area contributed by atoms with E-state index in [0.29, 0.717) is 18.4 Å². The molecular formula is C22H30FN3. The van der Waals surface area contributed by atoms with Gasteiger partial charge in [-0.05, 0) is 67.4 Å². The van der Waals surface area contributed by atoms with Gasteiger partial charge in [0.2, 0.25) is 0 Å². The van der Waals surface area contributed by atoms with E-state index in [4.69, 9.17) is 11.5 Å². The van der Waals surface area contributed by atoms with Crippen molar-refractivity contribution < 1.29 is 4.39 Å². The topological polar surface area (TPSA) is 55.3 Å². The Morgan fingerprint density at radius 3 is 2.46 bits per heavy atom. The van der Waals surface area contributed by atoms with Crippen molar-refractivity contribution in [2.45, 2.75) is 25.3 Å². The summed E-state index contributed by atoms with van der Waals surface area (Å²) in [7, 11) is 0. The molecule has 1 aliphatic heterocycles. The molecule has 0 amide bonds. The van der Waals surface area contributed by atoms with Crippen LogP contribution in [0.1, 0.15) is 17.5 Å². The Morgan fingerprint density at radius 1 is 1.04 bits per heavy atom. The lowest BCUT2D eigenvalue weighted by Gasteiger charge is -2.41. The number of piperidine rings is 1. The number of hydrogen-bond acceptors (Lipinski definition) is 3. The molecule has 1 saturated heterocycles. The summed E-state index contributed by atoms with van der Waals surface area (Å²) in [5.74, 6) is 0.739. The van der Waals surface area contributed by atoms with Crippen molar-refractivity contribution in [3.8, 4) is 0 Å². The van der Waals surface area contributed by atoms with Crippen molar-refractivity contribution in [2.24, 2.45) is 23.3 Å². The fraction of sp³-hybridized carbons (Fsp3) is 0.455. The normalized spacial score (nSPS) is 22.3. The molecular weight excluding hydrogens is 325 g/mol. The largest absolute Gasteiger partial charge is 0.330 e. The predicted molar refractivity (Wildman–Crippen MR) is 105 cm³/mol. The lowest BCUT2D eigenvalue weighted by molar-refractivity contribution is 0.108. The number of benzene rings is 2. The van der Waals surface area contributed by atoms with E-state index in [2.05, 4.69) is 29.2 Å². The third-order valence-corrected chi connectivity index (χ3v) is 5.67. The van der Waals surface area contributed by atoms with Crippen LogP contribution in [0.5, 0.6) is 0 Å². The predicted octanol–water partition coefficient (Wildman–Crippen LogP) is 2.84. The second kappa shape index (κ2) is 9.26. The average Bonchev–Trinajstić information content (AvgIpc) is 2.68. The highest BCUT2D eigenvalue weighted by molar-refractivity contribution is 5.17. The van der Waals surface area contributed by atoms with Gasteiger partial charge in [-0.25, -0.2) is 4.39 Å². The lowest BCUT2D eigenvalue weighted by atomic mass is 9.78. The van der Waals surface area contributed by atoms with Crippen molar-refractivity contribution in [3.63, 3.8) is 0 Å². The van der Waals surface area contributed by atoms with Crippen LogP contribution in [0.3, 0.4) is 0 Å². The van der Waals surface area contributed by atoms with Crippen LogP contribution in [0.15, 0.2) is 54.6 Å². The Labute approximate surface area is 156 Å². The minimum absolute atomic E-state index is 0.158. The fourth-order valence-electron chi connectivity index (χ4n) is 4.12. The third-order valence-electron chi connectivity index (χ3n) is 5.67. The van der Waals surface area contributed by atoms with Gasteiger partial charge >= 0.3 is 0 Å². The van der Waals surface area contributed by atoms with Crippen LogP contribution in [0.2, 0.25) is 0 Å². The minimum atomic E-state index is -0.176. The van der Waals surface area contributed by atoms with Gasteiger partial charge in [-0.1, -0.05) is 42.5 Å². The second-order valence-corrected chi connectivity index (χ2v) is 7.48. The molecule has 1 aliphatic rings. The van der Waals surface area contributed by atoms with E-state index in [9.17, 15) is 4.39 Å². The molecule has 1 heterocycles. The Hall–Kier alpha value is -1.75. The molecule has 0 saturated carbocycles. The molecule has 2 aromatic rings. The SMILES string of the molecule is NCC1CN(CCc2ccc(F)cc2)CCC1C(N)Cc1ccccc1. The van der Waals surface area contributed by atoms with Gasteiger partial charge in [-0.3, -0.25) is 0 Å². The summed E-state index contributed by atoms with van der Waals surface area (Å²) in [6, 6.07) is 17.4. The Bertz CT molecular complexity index is 659. The molecule has 3 unspecified atom stereocenters. The Kier molecular flexibility index (Phi) is 6.78. The second-order valence-electron chi connectivity index (χ2n) is 7.48. The fourth-order valence-corrected chi connectivity index (χ4v) is 4.12. The van der Waals surface area contributed by atoms with Gasteiger partial charge in [0.15, 0.2) is 0 Å². The molecule has 2 aromatic carbocycles. The molecule has 0 spiro atoms.